The molecule has 3 aromatic rings. The number of rotatable bonds is 3. The number of aryl methyl sites for hydroxylation is 1. The summed E-state index contributed by atoms with van der Waals surface area (Å²) < 4.78 is 40.3. The summed E-state index contributed by atoms with van der Waals surface area (Å²) in [7, 11) is 0. The first-order chi connectivity index (χ1) is 11.6. The molecule has 25 heavy (non-hydrogen) atoms. The number of aliphatic hydroxyl groups is 1. The second-order valence-corrected chi connectivity index (χ2v) is 7.00. The Morgan fingerprint density at radius 3 is 2.64 bits per heavy atom. The Balaban J connectivity index is 2.04. The average Bonchev–Trinajstić information content (AvgIpc) is 2.99. The van der Waals surface area contributed by atoms with Gasteiger partial charge in [-0.1, -0.05) is 11.6 Å². The van der Waals surface area contributed by atoms with Gasteiger partial charge in [0.2, 0.25) is 0 Å². The van der Waals surface area contributed by atoms with Gasteiger partial charge in [-0.05, 0) is 13.8 Å². The molecule has 1 unspecified atom stereocenters. The van der Waals surface area contributed by atoms with Crippen molar-refractivity contribution in [2.24, 2.45) is 0 Å². The van der Waals surface area contributed by atoms with Gasteiger partial charge >= 0.3 is 6.18 Å². The fourth-order valence-corrected chi connectivity index (χ4v) is 3.79. The molecule has 0 saturated carbocycles. The van der Waals surface area contributed by atoms with Crippen LogP contribution in [-0.2, 0) is 12.7 Å². The van der Waals surface area contributed by atoms with Gasteiger partial charge < -0.3 is 5.11 Å². The number of fused-ring (bicyclic) bond motifs is 1. The highest BCUT2D eigenvalue weighted by atomic mass is 35.5. The minimum atomic E-state index is -4.61. The summed E-state index contributed by atoms with van der Waals surface area (Å²) in [5.41, 5.74) is -0.874. The lowest BCUT2D eigenvalue weighted by Gasteiger charge is -2.07. The van der Waals surface area contributed by atoms with E-state index in [1.807, 2.05) is 0 Å². The van der Waals surface area contributed by atoms with Crippen molar-refractivity contribution in [2.45, 2.75) is 32.7 Å². The molecule has 3 heterocycles. The van der Waals surface area contributed by atoms with Gasteiger partial charge in [0.05, 0.1) is 24.0 Å². The molecule has 0 aliphatic carbocycles. The molecule has 0 radical (unpaired) electrons. The van der Waals surface area contributed by atoms with Gasteiger partial charge in [-0.15, -0.1) is 11.3 Å². The van der Waals surface area contributed by atoms with Gasteiger partial charge in [0.25, 0.3) is 5.56 Å². The number of hydrogen-bond acceptors (Lipinski definition) is 5. The highest BCUT2D eigenvalue weighted by Crippen LogP contribution is 2.30. The van der Waals surface area contributed by atoms with Crippen LogP contribution < -0.4 is 5.56 Å². The monoisotopic (exact) mass is 392 g/mol. The average molecular weight is 393 g/mol. The SMILES string of the molecule is Cc1sc2nc(Cn3nc(C(F)(F)F)cc3Cl)cc(=O)n2c1C(C)O. The first-order valence-corrected chi connectivity index (χ1v) is 8.28. The van der Waals surface area contributed by atoms with Crippen LogP contribution in [-0.4, -0.2) is 24.3 Å². The maximum Gasteiger partial charge on any atom is 0.435 e. The molecule has 1 N–H and O–H groups in total. The van der Waals surface area contributed by atoms with Crippen molar-refractivity contribution in [1.29, 1.82) is 0 Å². The Labute approximate surface area is 148 Å². The van der Waals surface area contributed by atoms with Crippen molar-refractivity contribution in [3.05, 3.63) is 49.6 Å². The fourth-order valence-electron chi connectivity index (χ4n) is 2.50. The minimum Gasteiger partial charge on any atom is -0.387 e. The smallest absolute Gasteiger partial charge is 0.387 e. The molecule has 0 fully saturated rings. The molecule has 1 atom stereocenters. The lowest BCUT2D eigenvalue weighted by atomic mass is 10.2. The van der Waals surface area contributed by atoms with Gasteiger partial charge in [-0.3, -0.25) is 9.20 Å². The molecule has 134 valence electrons. The number of aliphatic hydroxyl groups excluding tert-OH is 1. The van der Waals surface area contributed by atoms with Gasteiger partial charge in [0, 0.05) is 17.0 Å². The highest BCUT2D eigenvalue weighted by Gasteiger charge is 2.34. The van der Waals surface area contributed by atoms with E-state index in [9.17, 15) is 23.1 Å². The Kier molecular flexibility index (Phi) is 4.38. The molecule has 11 heteroatoms. The maximum atomic E-state index is 12.7. The molecule has 0 aliphatic heterocycles. The van der Waals surface area contributed by atoms with Crippen molar-refractivity contribution >= 4 is 27.9 Å². The van der Waals surface area contributed by atoms with E-state index in [0.29, 0.717) is 16.7 Å². The van der Waals surface area contributed by atoms with Crippen molar-refractivity contribution in [3.63, 3.8) is 0 Å². The predicted octanol–water partition coefficient (Wildman–Crippen LogP) is 3.03. The van der Waals surface area contributed by atoms with E-state index in [1.165, 1.54) is 28.7 Å². The van der Waals surface area contributed by atoms with Gasteiger partial charge in [0.1, 0.15) is 5.15 Å². The van der Waals surface area contributed by atoms with Crippen LogP contribution in [0.3, 0.4) is 0 Å². The molecule has 0 bridgehead atoms. The van der Waals surface area contributed by atoms with E-state index in [4.69, 9.17) is 11.6 Å². The first-order valence-electron chi connectivity index (χ1n) is 7.08. The van der Waals surface area contributed by atoms with Crippen LogP contribution in [0.2, 0.25) is 5.15 Å². The minimum absolute atomic E-state index is 0.179. The lowest BCUT2D eigenvalue weighted by molar-refractivity contribution is -0.141. The van der Waals surface area contributed by atoms with Crippen LogP contribution >= 0.6 is 22.9 Å². The van der Waals surface area contributed by atoms with Gasteiger partial charge in [-0.25, -0.2) is 9.67 Å². The summed E-state index contributed by atoms with van der Waals surface area (Å²) in [5.74, 6) is 0. The fraction of sp³-hybridized carbons (Fsp3) is 0.357. The summed E-state index contributed by atoms with van der Waals surface area (Å²) in [4.78, 5) is 17.7. The molecule has 3 aromatic heterocycles. The zero-order valence-electron chi connectivity index (χ0n) is 13.0. The standard InChI is InChI=1S/C14H12ClF3N4O2S/c1-6(23)12-7(2)25-13-19-8(3-11(24)22(12)13)5-21-10(15)4-9(20-21)14(16,17)18/h3-4,6,23H,5H2,1-2H3. The van der Waals surface area contributed by atoms with Gasteiger partial charge in [0.15, 0.2) is 10.7 Å². The topological polar surface area (TPSA) is 72.4 Å². The number of nitrogens with zero attached hydrogens (tertiary/aromatic N) is 4. The molecular weight excluding hydrogens is 381 g/mol. The van der Waals surface area contributed by atoms with Crippen LogP contribution in [0, 0.1) is 6.92 Å². The van der Waals surface area contributed by atoms with Crippen molar-refractivity contribution in [1.82, 2.24) is 19.2 Å². The Bertz CT molecular complexity index is 1010. The van der Waals surface area contributed by atoms with E-state index >= 15 is 0 Å². The zero-order chi connectivity index (χ0) is 18.5. The zero-order valence-corrected chi connectivity index (χ0v) is 14.6. The molecule has 0 saturated heterocycles. The second-order valence-electron chi connectivity index (χ2n) is 5.43. The largest absolute Gasteiger partial charge is 0.435 e. The van der Waals surface area contributed by atoms with Crippen LogP contribution in [0.4, 0.5) is 13.2 Å². The number of aromatic nitrogens is 4. The molecule has 0 amide bonds. The second kappa shape index (κ2) is 6.11. The van der Waals surface area contributed by atoms with E-state index in [2.05, 4.69) is 10.1 Å². The molecular formula is C14H12ClF3N4O2S. The van der Waals surface area contributed by atoms with E-state index < -0.39 is 23.5 Å². The third kappa shape index (κ3) is 3.29. The quantitative estimate of drug-likeness (QED) is 0.743. The van der Waals surface area contributed by atoms with Crippen molar-refractivity contribution in [3.8, 4) is 0 Å². The van der Waals surface area contributed by atoms with Crippen LogP contribution in [0.1, 0.15) is 35.0 Å². The summed E-state index contributed by atoms with van der Waals surface area (Å²) in [6.45, 7) is 3.11. The summed E-state index contributed by atoms with van der Waals surface area (Å²) >= 11 is 7.00. The van der Waals surface area contributed by atoms with Crippen molar-refractivity contribution < 1.29 is 18.3 Å². The van der Waals surface area contributed by atoms with Crippen LogP contribution in [0.15, 0.2) is 16.9 Å². The number of alkyl halides is 3. The van der Waals surface area contributed by atoms with Gasteiger partial charge in [-0.2, -0.15) is 18.3 Å². The summed E-state index contributed by atoms with van der Waals surface area (Å²) in [5, 5.41) is 13.0. The molecule has 0 aromatic carbocycles. The van der Waals surface area contributed by atoms with E-state index in [1.54, 1.807) is 6.92 Å². The molecule has 6 nitrogen and oxygen atoms in total. The van der Waals surface area contributed by atoms with E-state index in [0.717, 1.165) is 9.56 Å². The Hall–Kier alpha value is -1.91. The normalized spacial score (nSPS) is 13.6. The number of hydrogen-bond donors (Lipinski definition) is 1. The molecule has 3 rings (SSSR count). The molecule has 0 aliphatic rings. The third-order valence-electron chi connectivity index (χ3n) is 3.52. The Morgan fingerprint density at radius 2 is 2.08 bits per heavy atom. The molecule has 0 spiro atoms. The number of halogens is 4. The van der Waals surface area contributed by atoms with E-state index in [-0.39, 0.29) is 17.4 Å². The number of thiazole rings is 1. The first kappa shape index (κ1) is 17.9. The van der Waals surface area contributed by atoms with Crippen LogP contribution in [0.25, 0.3) is 4.96 Å². The maximum absolute atomic E-state index is 12.7. The highest BCUT2D eigenvalue weighted by molar-refractivity contribution is 7.17. The van der Waals surface area contributed by atoms with Crippen LogP contribution in [0.5, 0.6) is 0 Å². The van der Waals surface area contributed by atoms with Crippen molar-refractivity contribution in [2.75, 3.05) is 0 Å². The lowest BCUT2D eigenvalue weighted by Crippen LogP contribution is -2.19. The Morgan fingerprint density at radius 1 is 1.40 bits per heavy atom. The summed E-state index contributed by atoms with van der Waals surface area (Å²) in [6.07, 6.45) is -5.46. The third-order valence-corrected chi connectivity index (χ3v) is 4.79. The predicted molar refractivity (Wildman–Crippen MR) is 86.1 cm³/mol. The summed E-state index contributed by atoms with van der Waals surface area (Å²) in [6, 6.07) is 1.91.